The molecule has 3 N–H and O–H groups in total. The van der Waals surface area contributed by atoms with Gasteiger partial charge in [-0.1, -0.05) is 17.7 Å². The molecule has 88 valence electrons. The Morgan fingerprint density at radius 2 is 2.06 bits per heavy atom. The van der Waals surface area contributed by atoms with Crippen LogP contribution < -0.4 is 11.1 Å². The molecule has 0 aromatic heterocycles. The third-order valence-corrected chi connectivity index (χ3v) is 2.02. The maximum Gasteiger partial charge on any atom is 0.412 e. The summed E-state index contributed by atoms with van der Waals surface area (Å²) in [5, 5.41) is 2.93. The molecule has 0 fully saturated rings. The van der Waals surface area contributed by atoms with Crippen molar-refractivity contribution in [2.45, 2.75) is 26.4 Å². The molecule has 0 saturated carbocycles. The molecule has 1 rings (SSSR count). The average Bonchev–Trinajstić information content (AvgIpc) is 2.09. The zero-order valence-electron chi connectivity index (χ0n) is 9.50. The number of amides is 1. The summed E-state index contributed by atoms with van der Waals surface area (Å²) in [5.41, 5.74) is 5.92. The molecule has 1 aromatic rings. The molecule has 1 amide bonds. The van der Waals surface area contributed by atoms with E-state index in [1.54, 1.807) is 39.0 Å². The molecule has 0 atom stereocenters. The number of halogens is 1. The van der Waals surface area contributed by atoms with E-state index >= 15 is 0 Å². The first kappa shape index (κ1) is 12.6. The Labute approximate surface area is 99.7 Å². The van der Waals surface area contributed by atoms with Crippen molar-refractivity contribution in [3.63, 3.8) is 0 Å². The van der Waals surface area contributed by atoms with Gasteiger partial charge in [0.05, 0.1) is 16.4 Å². The van der Waals surface area contributed by atoms with E-state index in [9.17, 15) is 4.79 Å². The van der Waals surface area contributed by atoms with E-state index in [0.29, 0.717) is 16.4 Å². The van der Waals surface area contributed by atoms with Crippen LogP contribution in [0, 0.1) is 0 Å². The van der Waals surface area contributed by atoms with E-state index in [0.717, 1.165) is 0 Å². The van der Waals surface area contributed by atoms with Gasteiger partial charge in [0, 0.05) is 0 Å². The maximum absolute atomic E-state index is 11.5. The zero-order chi connectivity index (χ0) is 12.3. The first-order chi connectivity index (χ1) is 7.29. The highest BCUT2D eigenvalue weighted by Crippen LogP contribution is 2.27. The SMILES string of the molecule is CC(C)(C)OC(=O)Nc1cccc(Cl)c1N. The van der Waals surface area contributed by atoms with Gasteiger partial charge < -0.3 is 10.5 Å². The number of nitrogens with two attached hydrogens (primary N) is 1. The normalized spacial score (nSPS) is 11.0. The maximum atomic E-state index is 11.5. The molecule has 5 heteroatoms. The van der Waals surface area contributed by atoms with E-state index in [-0.39, 0.29) is 0 Å². The number of hydrogen-bond acceptors (Lipinski definition) is 3. The van der Waals surface area contributed by atoms with Gasteiger partial charge in [-0.25, -0.2) is 4.79 Å². The number of benzene rings is 1. The Morgan fingerprint density at radius 3 is 2.62 bits per heavy atom. The average molecular weight is 243 g/mol. The molecule has 1 aromatic carbocycles. The summed E-state index contributed by atoms with van der Waals surface area (Å²) >= 11 is 5.81. The van der Waals surface area contributed by atoms with E-state index in [4.69, 9.17) is 22.1 Å². The summed E-state index contributed by atoms with van der Waals surface area (Å²) in [4.78, 5) is 11.5. The smallest absolute Gasteiger partial charge is 0.412 e. The van der Waals surface area contributed by atoms with E-state index in [1.165, 1.54) is 0 Å². The number of rotatable bonds is 1. The van der Waals surface area contributed by atoms with Crippen LogP contribution in [-0.4, -0.2) is 11.7 Å². The number of nitrogen functional groups attached to an aromatic ring is 1. The fourth-order valence-electron chi connectivity index (χ4n) is 1.06. The molecular weight excluding hydrogens is 228 g/mol. The van der Waals surface area contributed by atoms with Crippen molar-refractivity contribution in [1.82, 2.24) is 0 Å². The lowest BCUT2D eigenvalue weighted by atomic mass is 10.2. The number of ether oxygens (including phenoxy) is 1. The molecule has 0 heterocycles. The van der Waals surface area contributed by atoms with Crippen LogP contribution in [0.15, 0.2) is 18.2 Å². The van der Waals surface area contributed by atoms with Crippen molar-refractivity contribution in [2.24, 2.45) is 0 Å². The van der Waals surface area contributed by atoms with Crippen LogP contribution in [0.3, 0.4) is 0 Å². The molecule has 16 heavy (non-hydrogen) atoms. The Morgan fingerprint density at radius 1 is 1.44 bits per heavy atom. The molecule has 0 aliphatic rings. The summed E-state index contributed by atoms with van der Waals surface area (Å²) in [6.07, 6.45) is -0.554. The van der Waals surface area contributed by atoms with Gasteiger partial charge >= 0.3 is 6.09 Å². The minimum atomic E-state index is -0.554. The van der Waals surface area contributed by atoms with Crippen molar-refractivity contribution in [3.05, 3.63) is 23.2 Å². The molecule has 0 saturated heterocycles. The van der Waals surface area contributed by atoms with Crippen molar-refractivity contribution < 1.29 is 9.53 Å². The fourth-order valence-corrected chi connectivity index (χ4v) is 1.23. The second-order valence-electron chi connectivity index (χ2n) is 4.33. The Kier molecular flexibility index (Phi) is 3.65. The van der Waals surface area contributed by atoms with Crippen molar-refractivity contribution in [3.8, 4) is 0 Å². The van der Waals surface area contributed by atoms with E-state index < -0.39 is 11.7 Å². The molecule has 0 bridgehead atoms. The van der Waals surface area contributed by atoms with Gasteiger partial charge in [0.2, 0.25) is 0 Å². The first-order valence-corrected chi connectivity index (χ1v) is 5.21. The van der Waals surface area contributed by atoms with Gasteiger partial charge in [-0.2, -0.15) is 0 Å². The van der Waals surface area contributed by atoms with E-state index in [2.05, 4.69) is 5.32 Å². The van der Waals surface area contributed by atoms with Crippen LogP contribution in [0.25, 0.3) is 0 Å². The van der Waals surface area contributed by atoms with Crippen LogP contribution in [-0.2, 0) is 4.74 Å². The minimum absolute atomic E-state index is 0.329. The number of nitrogens with one attached hydrogen (secondary N) is 1. The summed E-state index contributed by atoms with van der Waals surface area (Å²) in [6.45, 7) is 5.36. The molecule has 0 spiro atoms. The highest BCUT2D eigenvalue weighted by Gasteiger charge is 2.17. The van der Waals surface area contributed by atoms with Gasteiger partial charge in [0.1, 0.15) is 5.60 Å². The number of carbonyl (C=O) groups excluding carboxylic acids is 1. The van der Waals surface area contributed by atoms with Crippen molar-refractivity contribution in [1.29, 1.82) is 0 Å². The Hall–Kier alpha value is -1.42. The van der Waals surface area contributed by atoms with Gasteiger partial charge in [-0.3, -0.25) is 5.32 Å². The monoisotopic (exact) mass is 242 g/mol. The summed E-state index contributed by atoms with van der Waals surface area (Å²) in [6, 6.07) is 5.01. The number of hydrogen-bond donors (Lipinski definition) is 2. The van der Waals surface area contributed by atoms with Crippen LogP contribution >= 0.6 is 11.6 Å². The third-order valence-electron chi connectivity index (χ3n) is 1.69. The van der Waals surface area contributed by atoms with Gasteiger partial charge in [0.25, 0.3) is 0 Å². The lowest BCUT2D eigenvalue weighted by Gasteiger charge is -2.20. The largest absolute Gasteiger partial charge is 0.444 e. The highest BCUT2D eigenvalue weighted by molar-refractivity contribution is 6.33. The predicted octanol–water partition coefficient (Wildman–Crippen LogP) is 3.27. The minimum Gasteiger partial charge on any atom is -0.444 e. The quantitative estimate of drug-likeness (QED) is 0.743. The van der Waals surface area contributed by atoms with Crippen molar-refractivity contribution in [2.75, 3.05) is 11.1 Å². The van der Waals surface area contributed by atoms with E-state index in [1.807, 2.05) is 0 Å². The summed E-state index contributed by atoms with van der Waals surface area (Å²) in [7, 11) is 0. The van der Waals surface area contributed by atoms with Crippen LogP contribution in [0.4, 0.5) is 16.2 Å². The van der Waals surface area contributed by atoms with Gasteiger partial charge in [-0.05, 0) is 32.9 Å². The topological polar surface area (TPSA) is 64.3 Å². The molecular formula is C11H15ClN2O2. The van der Waals surface area contributed by atoms with Crippen LogP contribution in [0.2, 0.25) is 5.02 Å². The lowest BCUT2D eigenvalue weighted by Crippen LogP contribution is -2.27. The zero-order valence-corrected chi connectivity index (χ0v) is 10.3. The molecule has 0 unspecified atom stereocenters. The van der Waals surface area contributed by atoms with Gasteiger partial charge in [0.15, 0.2) is 0 Å². The molecule has 0 radical (unpaired) electrons. The lowest BCUT2D eigenvalue weighted by molar-refractivity contribution is 0.0636. The molecule has 4 nitrogen and oxygen atoms in total. The number of carbonyl (C=O) groups is 1. The fraction of sp³-hybridized carbons (Fsp3) is 0.364. The summed E-state index contributed by atoms with van der Waals surface area (Å²) < 4.78 is 5.09. The predicted molar refractivity (Wildman–Crippen MR) is 65.7 cm³/mol. The Balaban J connectivity index is 2.74. The summed E-state index contributed by atoms with van der Waals surface area (Å²) in [5.74, 6) is 0. The molecule has 0 aliphatic heterocycles. The van der Waals surface area contributed by atoms with Crippen LogP contribution in [0.5, 0.6) is 0 Å². The first-order valence-electron chi connectivity index (χ1n) is 4.83. The van der Waals surface area contributed by atoms with Crippen molar-refractivity contribution >= 4 is 29.1 Å². The van der Waals surface area contributed by atoms with Gasteiger partial charge in [-0.15, -0.1) is 0 Å². The second-order valence-corrected chi connectivity index (χ2v) is 4.74. The Bertz CT molecular complexity index is 399. The number of anilines is 2. The third kappa shape index (κ3) is 3.62. The second kappa shape index (κ2) is 4.61. The molecule has 0 aliphatic carbocycles. The highest BCUT2D eigenvalue weighted by atomic mass is 35.5. The standard InChI is InChI=1S/C11H15ClN2O2/c1-11(2,3)16-10(15)14-8-6-4-5-7(12)9(8)13/h4-6H,13H2,1-3H3,(H,14,15). The van der Waals surface area contributed by atoms with Crippen LogP contribution in [0.1, 0.15) is 20.8 Å². The number of para-hydroxylation sites is 1.